The maximum atomic E-state index is 10.9. The van der Waals surface area contributed by atoms with Crippen molar-refractivity contribution in [2.75, 3.05) is 6.61 Å². The van der Waals surface area contributed by atoms with Crippen molar-refractivity contribution in [3.8, 4) is 5.75 Å². The van der Waals surface area contributed by atoms with Gasteiger partial charge in [0.15, 0.2) is 0 Å². The van der Waals surface area contributed by atoms with Gasteiger partial charge in [-0.25, -0.2) is 10.9 Å². The summed E-state index contributed by atoms with van der Waals surface area (Å²) in [5.41, 5.74) is 6.83. The predicted molar refractivity (Wildman–Crippen MR) is 71.9 cm³/mol. The first kappa shape index (κ1) is 13.8. The van der Waals surface area contributed by atoms with Crippen molar-refractivity contribution in [1.29, 1.82) is 0 Å². The van der Waals surface area contributed by atoms with Crippen LogP contribution in [0.15, 0.2) is 24.3 Å². The molecule has 1 fully saturated rings. The van der Waals surface area contributed by atoms with E-state index in [9.17, 15) is 4.79 Å². The Balaban J connectivity index is 2.05. The largest absolute Gasteiger partial charge is 0.493 e. The van der Waals surface area contributed by atoms with E-state index < -0.39 is 12.0 Å². The number of unbranched alkanes of at least 4 members (excludes halogenated alkanes) is 1. The van der Waals surface area contributed by atoms with Crippen molar-refractivity contribution < 1.29 is 14.6 Å². The molecular formula is C14H20N2O3. The molecule has 0 bridgehead atoms. The Hall–Kier alpha value is -1.59. The smallest absolute Gasteiger partial charge is 0.322 e. The molecule has 0 radical (unpaired) electrons. The van der Waals surface area contributed by atoms with Gasteiger partial charge in [0.05, 0.1) is 12.6 Å². The Morgan fingerprint density at radius 2 is 2.21 bits per heavy atom. The van der Waals surface area contributed by atoms with Gasteiger partial charge < -0.3 is 9.84 Å². The highest BCUT2D eigenvalue weighted by Crippen LogP contribution is 2.30. The first-order valence-electron chi connectivity index (χ1n) is 6.68. The van der Waals surface area contributed by atoms with Gasteiger partial charge in [0.25, 0.3) is 0 Å². The third-order valence-corrected chi connectivity index (χ3v) is 3.25. The minimum Gasteiger partial charge on any atom is -0.493 e. The molecule has 1 aliphatic rings. The van der Waals surface area contributed by atoms with Crippen molar-refractivity contribution >= 4 is 5.97 Å². The number of benzene rings is 1. The monoisotopic (exact) mass is 264 g/mol. The maximum Gasteiger partial charge on any atom is 0.322 e. The second kappa shape index (κ2) is 6.54. The Morgan fingerprint density at radius 3 is 2.89 bits per heavy atom. The van der Waals surface area contributed by atoms with E-state index in [0.29, 0.717) is 13.0 Å². The summed E-state index contributed by atoms with van der Waals surface area (Å²) in [6.45, 7) is 2.81. The van der Waals surface area contributed by atoms with Crippen LogP contribution in [0.1, 0.15) is 37.8 Å². The first-order chi connectivity index (χ1) is 9.22. The molecule has 2 atom stereocenters. The van der Waals surface area contributed by atoms with Crippen LogP contribution in [0.5, 0.6) is 5.75 Å². The van der Waals surface area contributed by atoms with Gasteiger partial charge in [-0.15, -0.1) is 0 Å². The van der Waals surface area contributed by atoms with Crippen LogP contribution in [0.25, 0.3) is 0 Å². The third-order valence-electron chi connectivity index (χ3n) is 3.25. The highest BCUT2D eigenvalue weighted by Gasteiger charge is 2.31. The van der Waals surface area contributed by atoms with Crippen molar-refractivity contribution in [2.45, 2.75) is 38.3 Å². The molecule has 19 heavy (non-hydrogen) atoms. The van der Waals surface area contributed by atoms with E-state index in [1.54, 1.807) is 0 Å². The van der Waals surface area contributed by atoms with Crippen molar-refractivity contribution in [2.24, 2.45) is 0 Å². The second-order valence-electron chi connectivity index (χ2n) is 4.71. The van der Waals surface area contributed by atoms with Crippen LogP contribution in [-0.4, -0.2) is 23.7 Å². The van der Waals surface area contributed by atoms with Crippen LogP contribution < -0.4 is 15.6 Å². The Bertz CT molecular complexity index is 436. The molecule has 0 aliphatic carbocycles. The van der Waals surface area contributed by atoms with Gasteiger partial charge in [0.2, 0.25) is 0 Å². The second-order valence-corrected chi connectivity index (χ2v) is 4.71. The highest BCUT2D eigenvalue weighted by atomic mass is 16.5. The van der Waals surface area contributed by atoms with Crippen molar-refractivity contribution in [3.63, 3.8) is 0 Å². The summed E-state index contributed by atoms with van der Waals surface area (Å²) in [4.78, 5) is 10.9. The lowest BCUT2D eigenvalue weighted by molar-refractivity contribution is -0.139. The topological polar surface area (TPSA) is 70.6 Å². The minimum atomic E-state index is -0.834. The standard InChI is InChI=1S/C14H20N2O3/c1-2-3-8-19-13-7-5-4-6-10(13)11-9-12(14(17)18)16-15-11/h4-7,11-12,15-16H,2-3,8-9H2,1H3,(H,17,18). The number of aliphatic carboxylic acids is 1. The average molecular weight is 264 g/mol. The lowest BCUT2D eigenvalue weighted by Crippen LogP contribution is -2.36. The molecule has 0 spiro atoms. The van der Waals surface area contributed by atoms with Crippen molar-refractivity contribution in [3.05, 3.63) is 29.8 Å². The molecule has 1 aromatic rings. The summed E-state index contributed by atoms with van der Waals surface area (Å²) < 4.78 is 5.77. The highest BCUT2D eigenvalue weighted by molar-refractivity contribution is 5.73. The Labute approximate surface area is 112 Å². The zero-order chi connectivity index (χ0) is 13.7. The molecule has 0 amide bonds. The van der Waals surface area contributed by atoms with E-state index >= 15 is 0 Å². The minimum absolute atomic E-state index is 0.0288. The number of nitrogens with one attached hydrogen (secondary N) is 2. The normalized spacial score (nSPS) is 22.4. The average Bonchev–Trinajstić information content (AvgIpc) is 2.89. The number of carboxylic acids is 1. The van der Waals surface area contributed by atoms with E-state index in [4.69, 9.17) is 9.84 Å². The fourth-order valence-corrected chi connectivity index (χ4v) is 2.15. The first-order valence-corrected chi connectivity index (χ1v) is 6.68. The van der Waals surface area contributed by atoms with Gasteiger partial charge in [-0.3, -0.25) is 4.79 Å². The van der Waals surface area contributed by atoms with E-state index in [1.165, 1.54) is 0 Å². The Kier molecular flexibility index (Phi) is 4.76. The lowest BCUT2D eigenvalue weighted by Gasteiger charge is -2.15. The molecule has 0 aromatic heterocycles. The van der Waals surface area contributed by atoms with E-state index in [1.807, 2.05) is 24.3 Å². The summed E-state index contributed by atoms with van der Waals surface area (Å²) in [5.74, 6) is 0.000622. The number of hydrazine groups is 1. The molecule has 1 heterocycles. The van der Waals surface area contributed by atoms with Crippen LogP contribution in [0.3, 0.4) is 0 Å². The fourth-order valence-electron chi connectivity index (χ4n) is 2.15. The molecule has 5 nitrogen and oxygen atoms in total. The number of ether oxygens (including phenoxy) is 1. The van der Waals surface area contributed by atoms with Gasteiger partial charge >= 0.3 is 5.97 Å². The number of carboxylic acid groups (broad SMARTS) is 1. The maximum absolute atomic E-state index is 10.9. The molecule has 3 N–H and O–H groups in total. The number of para-hydroxylation sites is 1. The van der Waals surface area contributed by atoms with Crippen LogP contribution in [0, 0.1) is 0 Å². The summed E-state index contributed by atoms with van der Waals surface area (Å²) in [5, 5.41) is 8.99. The Morgan fingerprint density at radius 1 is 1.42 bits per heavy atom. The van der Waals surface area contributed by atoms with Gasteiger partial charge in [0, 0.05) is 5.56 Å². The quantitative estimate of drug-likeness (QED) is 0.684. The molecule has 0 saturated carbocycles. The van der Waals surface area contributed by atoms with Crippen LogP contribution in [-0.2, 0) is 4.79 Å². The number of hydrogen-bond acceptors (Lipinski definition) is 4. The van der Waals surface area contributed by atoms with E-state index in [0.717, 1.165) is 24.2 Å². The van der Waals surface area contributed by atoms with Gasteiger partial charge in [-0.05, 0) is 18.9 Å². The summed E-state index contributed by atoms with van der Waals surface area (Å²) in [6.07, 6.45) is 2.62. The zero-order valence-corrected chi connectivity index (χ0v) is 11.1. The number of hydrogen-bond donors (Lipinski definition) is 3. The molecular weight excluding hydrogens is 244 g/mol. The summed E-state index contributed by atoms with van der Waals surface area (Å²) in [6, 6.07) is 7.21. The van der Waals surface area contributed by atoms with Gasteiger partial charge in [-0.1, -0.05) is 31.5 Å². The molecule has 1 saturated heterocycles. The van der Waals surface area contributed by atoms with Crippen LogP contribution in [0.4, 0.5) is 0 Å². The molecule has 5 heteroatoms. The van der Waals surface area contributed by atoms with Gasteiger partial charge in [-0.2, -0.15) is 0 Å². The molecule has 2 unspecified atom stereocenters. The lowest BCUT2D eigenvalue weighted by atomic mass is 10.0. The van der Waals surface area contributed by atoms with Gasteiger partial charge in [0.1, 0.15) is 11.8 Å². The van der Waals surface area contributed by atoms with Crippen molar-refractivity contribution in [1.82, 2.24) is 10.9 Å². The molecule has 2 rings (SSSR count). The van der Waals surface area contributed by atoms with Crippen LogP contribution in [0.2, 0.25) is 0 Å². The SMILES string of the molecule is CCCCOc1ccccc1C1CC(C(=O)O)NN1. The van der Waals surface area contributed by atoms with E-state index in [2.05, 4.69) is 17.8 Å². The molecule has 1 aromatic carbocycles. The molecule has 1 aliphatic heterocycles. The number of rotatable bonds is 6. The summed E-state index contributed by atoms with van der Waals surface area (Å²) >= 11 is 0. The van der Waals surface area contributed by atoms with E-state index in [-0.39, 0.29) is 6.04 Å². The predicted octanol–water partition coefficient (Wildman–Crippen LogP) is 1.86. The fraction of sp³-hybridized carbons (Fsp3) is 0.500. The zero-order valence-electron chi connectivity index (χ0n) is 11.1. The number of carbonyl (C=O) groups is 1. The summed E-state index contributed by atoms with van der Waals surface area (Å²) in [7, 11) is 0. The van der Waals surface area contributed by atoms with Crippen LogP contribution >= 0.6 is 0 Å². The molecule has 104 valence electrons. The third kappa shape index (κ3) is 3.45.